The zero-order valence-corrected chi connectivity index (χ0v) is 15.6. The van der Waals surface area contributed by atoms with E-state index in [1.54, 1.807) is 12.3 Å². The lowest BCUT2D eigenvalue weighted by Gasteiger charge is -2.01. The zero-order valence-electron chi connectivity index (χ0n) is 14.8. The van der Waals surface area contributed by atoms with E-state index in [9.17, 15) is 4.79 Å². The minimum atomic E-state index is -0.110. The predicted octanol–water partition coefficient (Wildman–Crippen LogP) is 2.62. The molecular weight excluding hydrogens is 330 g/mol. The van der Waals surface area contributed by atoms with Crippen LogP contribution < -0.4 is 11.2 Å². The number of rotatable bonds is 3. The van der Waals surface area contributed by atoms with Crippen LogP contribution in [0.2, 0.25) is 0 Å². The Bertz CT molecular complexity index is 544. The molecule has 2 aromatic rings. The standard InChI is InChI=1S/C10H10N4OS.C3H8O.C2H6.H3NO/c1-6(15)12-8-3-4-9(11-5-8)10-14-13-7(2)16-10;1-2-3-4;2*1-2/h3-5H,1-2H3,(H,12,15);4H,2-3H2,1H3;1-2H3;2H,1H2. The Labute approximate surface area is 146 Å². The lowest BCUT2D eigenvalue weighted by atomic mass is 10.3. The number of anilines is 1. The molecule has 2 rings (SSSR count). The molecule has 0 aliphatic carbocycles. The molecule has 0 unspecified atom stereocenters. The first-order chi connectivity index (χ1) is 11.6. The van der Waals surface area contributed by atoms with E-state index < -0.39 is 0 Å². The van der Waals surface area contributed by atoms with Crippen LogP contribution >= 0.6 is 11.3 Å². The number of hydrogen-bond acceptors (Lipinski definition) is 8. The van der Waals surface area contributed by atoms with Crippen LogP contribution in [0.3, 0.4) is 0 Å². The maximum atomic E-state index is 10.8. The molecule has 136 valence electrons. The molecule has 0 aromatic carbocycles. The predicted molar refractivity (Wildman–Crippen MR) is 96.9 cm³/mol. The average Bonchev–Trinajstić information content (AvgIpc) is 3.05. The van der Waals surface area contributed by atoms with Crippen molar-refractivity contribution in [2.24, 2.45) is 5.90 Å². The maximum Gasteiger partial charge on any atom is 0.221 e. The summed E-state index contributed by atoms with van der Waals surface area (Å²) >= 11 is 1.49. The Morgan fingerprint density at radius 2 is 1.88 bits per heavy atom. The highest BCUT2D eigenvalue weighted by Gasteiger charge is 2.05. The number of amides is 1. The molecule has 0 aliphatic heterocycles. The highest BCUT2D eigenvalue weighted by Crippen LogP contribution is 2.21. The van der Waals surface area contributed by atoms with Gasteiger partial charge in [-0.2, -0.15) is 0 Å². The van der Waals surface area contributed by atoms with Gasteiger partial charge in [0.05, 0.1) is 11.9 Å². The summed E-state index contributed by atoms with van der Waals surface area (Å²) in [6.45, 7) is 9.61. The normalized spacial score (nSPS) is 8.50. The second-order valence-electron chi connectivity index (χ2n) is 3.96. The molecule has 0 radical (unpaired) electrons. The van der Waals surface area contributed by atoms with Crippen molar-refractivity contribution < 1.29 is 15.1 Å². The van der Waals surface area contributed by atoms with Crippen molar-refractivity contribution in [3.8, 4) is 10.7 Å². The number of carbonyl (C=O) groups is 1. The van der Waals surface area contributed by atoms with E-state index >= 15 is 0 Å². The van der Waals surface area contributed by atoms with Gasteiger partial charge in [-0.05, 0) is 25.5 Å². The topological polar surface area (TPSA) is 134 Å². The van der Waals surface area contributed by atoms with Crippen molar-refractivity contribution in [3.05, 3.63) is 23.3 Å². The highest BCUT2D eigenvalue weighted by molar-refractivity contribution is 7.14. The number of nitrogens with zero attached hydrogens (tertiary/aromatic N) is 3. The first-order valence-electron chi connectivity index (χ1n) is 7.47. The summed E-state index contributed by atoms with van der Waals surface area (Å²) in [6.07, 6.45) is 2.48. The molecule has 0 aliphatic rings. The smallest absolute Gasteiger partial charge is 0.221 e. The zero-order chi connectivity index (χ0) is 19.0. The molecule has 0 bridgehead atoms. The van der Waals surface area contributed by atoms with Gasteiger partial charge in [-0.3, -0.25) is 9.78 Å². The van der Waals surface area contributed by atoms with Gasteiger partial charge in [0.25, 0.3) is 0 Å². The fourth-order valence-electron chi connectivity index (χ4n) is 1.20. The number of nitrogens with two attached hydrogens (primary N) is 1. The summed E-state index contributed by atoms with van der Waals surface area (Å²) in [7, 11) is 0. The largest absolute Gasteiger partial charge is 0.396 e. The van der Waals surface area contributed by atoms with Gasteiger partial charge in [0, 0.05) is 13.5 Å². The van der Waals surface area contributed by atoms with E-state index in [0.717, 1.165) is 22.1 Å². The molecule has 2 aromatic heterocycles. The number of hydrogen-bond donors (Lipinski definition) is 4. The maximum absolute atomic E-state index is 10.8. The summed E-state index contributed by atoms with van der Waals surface area (Å²) in [6, 6.07) is 3.60. The van der Waals surface area contributed by atoms with Gasteiger partial charge in [-0.15, -0.1) is 10.2 Å². The second-order valence-corrected chi connectivity index (χ2v) is 5.14. The van der Waals surface area contributed by atoms with E-state index in [2.05, 4.69) is 26.4 Å². The van der Waals surface area contributed by atoms with Crippen molar-refractivity contribution in [3.63, 3.8) is 0 Å². The van der Waals surface area contributed by atoms with Crippen molar-refractivity contribution in [2.75, 3.05) is 11.9 Å². The molecule has 0 saturated heterocycles. The van der Waals surface area contributed by atoms with Gasteiger partial charge < -0.3 is 15.6 Å². The van der Waals surface area contributed by atoms with Gasteiger partial charge in [0.2, 0.25) is 5.91 Å². The second kappa shape index (κ2) is 15.9. The van der Waals surface area contributed by atoms with Gasteiger partial charge in [0.1, 0.15) is 10.7 Å². The van der Waals surface area contributed by atoms with Gasteiger partial charge >= 0.3 is 0 Å². The molecule has 1 amide bonds. The first kappa shape index (κ1) is 24.3. The third-order valence-corrected chi connectivity index (χ3v) is 2.91. The van der Waals surface area contributed by atoms with E-state index in [-0.39, 0.29) is 5.91 Å². The van der Waals surface area contributed by atoms with Crippen LogP contribution in [0, 0.1) is 6.92 Å². The SMILES string of the molecule is CC.CC(=O)Nc1ccc(-c2nnc(C)s2)nc1.CCCO.NO. The lowest BCUT2D eigenvalue weighted by Crippen LogP contribution is -2.05. The summed E-state index contributed by atoms with van der Waals surface area (Å²) < 4.78 is 0. The molecule has 0 atom stereocenters. The fraction of sp³-hybridized carbons (Fsp3) is 0.467. The number of carbonyl (C=O) groups excluding carboxylic acids is 1. The minimum absolute atomic E-state index is 0.110. The molecule has 0 fully saturated rings. The van der Waals surface area contributed by atoms with E-state index in [4.69, 9.17) is 10.3 Å². The van der Waals surface area contributed by atoms with Crippen molar-refractivity contribution in [1.82, 2.24) is 15.2 Å². The molecule has 8 nitrogen and oxygen atoms in total. The average molecular weight is 357 g/mol. The first-order valence-corrected chi connectivity index (χ1v) is 8.29. The van der Waals surface area contributed by atoms with Gasteiger partial charge in [0.15, 0.2) is 5.01 Å². The Morgan fingerprint density at radius 3 is 2.21 bits per heavy atom. The Kier molecular flexibility index (Phi) is 16.1. The molecule has 24 heavy (non-hydrogen) atoms. The van der Waals surface area contributed by atoms with Crippen LogP contribution in [-0.4, -0.2) is 38.0 Å². The van der Waals surface area contributed by atoms with Gasteiger partial charge in [-0.1, -0.05) is 32.1 Å². The molecule has 9 heteroatoms. The van der Waals surface area contributed by atoms with E-state index in [1.165, 1.54) is 18.3 Å². The summed E-state index contributed by atoms with van der Waals surface area (Å²) in [5.41, 5.74) is 1.44. The lowest BCUT2D eigenvalue weighted by molar-refractivity contribution is -0.114. The van der Waals surface area contributed by atoms with Crippen LogP contribution in [0.25, 0.3) is 10.7 Å². The summed E-state index contributed by atoms with van der Waals surface area (Å²) in [5, 5.41) is 26.6. The molecule has 2 heterocycles. The number of aliphatic hydroxyl groups is 1. The third kappa shape index (κ3) is 10.7. The Balaban J connectivity index is 0. The van der Waals surface area contributed by atoms with Crippen molar-refractivity contribution in [2.45, 2.75) is 41.0 Å². The monoisotopic (exact) mass is 357 g/mol. The summed E-state index contributed by atoms with van der Waals surface area (Å²) in [4.78, 5) is 15.0. The van der Waals surface area contributed by atoms with Gasteiger partial charge in [-0.25, -0.2) is 5.90 Å². The van der Waals surface area contributed by atoms with Crippen molar-refractivity contribution in [1.29, 1.82) is 0 Å². The van der Waals surface area contributed by atoms with Crippen LogP contribution in [0.4, 0.5) is 5.69 Å². The molecule has 5 N–H and O–H groups in total. The third-order valence-electron chi connectivity index (χ3n) is 2.05. The number of aryl methyl sites for hydroxylation is 1. The number of nitrogens with one attached hydrogen (secondary N) is 1. The Hall–Kier alpha value is -1.94. The molecule has 0 spiro atoms. The van der Waals surface area contributed by atoms with E-state index in [0.29, 0.717) is 12.3 Å². The quantitative estimate of drug-likeness (QED) is 0.620. The van der Waals surface area contributed by atoms with Crippen molar-refractivity contribution >= 4 is 22.9 Å². The van der Waals surface area contributed by atoms with Crippen LogP contribution in [0.1, 0.15) is 39.1 Å². The fourth-order valence-corrected chi connectivity index (χ4v) is 1.87. The van der Waals surface area contributed by atoms with Crippen LogP contribution in [0.5, 0.6) is 0 Å². The molecule has 0 saturated carbocycles. The number of aromatic nitrogens is 3. The van der Waals surface area contributed by atoms with E-state index in [1.807, 2.05) is 33.8 Å². The minimum Gasteiger partial charge on any atom is -0.396 e. The summed E-state index contributed by atoms with van der Waals surface area (Å²) in [5.74, 6) is 3.39. The highest BCUT2D eigenvalue weighted by atomic mass is 32.1. The number of pyridine rings is 1. The number of aliphatic hydroxyl groups excluding tert-OH is 1. The Morgan fingerprint density at radius 1 is 1.29 bits per heavy atom. The molecular formula is C15H27N5O3S. The van der Waals surface area contributed by atoms with Crippen LogP contribution in [-0.2, 0) is 4.79 Å². The van der Waals surface area contributed by atoms with Crippen LogP contribution in [0.15, 0.2) is 18.3 Å².